The van der Waals surface area contributed by atoms with Crippen LogP contribution in [0.2, 0.25) is 0 Å². The van der Waals surface area contributed by atoms with Crippen LogP contribution >= 0.6 is 0 Å². The van der Waals surface area contributed by atoms with Gasteiger partial charge in [-0.2, -0.15) is 0 Å². The summed E-state index contributed by atoms with van der Waals surface area (Å²) in [5.74, 6) is 1.31. The lowest BCUT2D eigenvalue weighted by Crippen LogP contribution is -2.17. The number of phenols is 1. The van der Waals surface area contributed by atoms with E-state index in [1.165, 1.54) is 0 Å². The molecule has 0 spiro atoms. The van der Waals surface area contributed by atoms with Gasteiger partial charge in [-0.15, -0.1) is 10.2 Å². The van der Waals surface area contributed by atoms with E-state index in [2.05, 4.69) is 22.4 Å². The molecular weight excluding hydrogens is 242 g/mol. The van der Waals surface area contributed by atoms with Crippen LogP contribution in [0.4, 0.5) is 0 Å². The lowest BCUT2D eigenvalue weighted by Gasteiger charge is -2.02. The summed E-state index contributed by atoms with van der Waals surface area (Å²) in [6.45, 7) is 5.78. The van der Waals surface area contributed by atoms with Crippen molar-refractivity contribution < 1.29 is 9.52 Å². The monoisotopic (exact) mass is 261 g/mol. The van der Waals surface area contributed by atoms with Gasteiger partial charge in [-0.1, -0.05) is 13.0 Å². The Morgan fingerprint density at radius 2 is 2.11 bits per heavy atom. The molecule has 2 aromatic rings. The number of nitrogens with zero attached hydrogens (tertiary/aromatic N) is 2. The molecule has 2 rings (SSSR count). The first kappa shape index (κ1) is 13.5. The minimum Gasteiger partial charge on any atom is -0.508 e. The number of benzene rings is 1. The molecule has 2 N–H and O–H groups in total. The van der Waals surface area contributed by atoms with Gasteiger partial charge in [0.15, 0.2) is 0 Å². The van der Waals surface area contributed by atoms with Crippen LogP contribution in [0.3, 0.4) is 0 Å². The summed E-state index contributed by atoms with van der Waals surface area (Å²) in [5.41, 5.74) is 1.53. The minimum absolute atomic E-state index is 0.238. The predicted octanol–water partition coefficient (Wildman–Crippen LogP) is 2.29. The Balaban J connectivity index is 2.06. The van der Waals surface area contributed by atoms with Crippen molar-refractivity contribution in [3.05, 3.63) is 29.7 Å². The number of rotatable bonds is 6. The summed E-state index contributed by atoms with van der Waals surface area (Å²) in [7, 11) is 0. The van der Waals surface area contributed by atoms with Crippen LogP contribution in [-0.4, -0.2) is 28.4 Å². The van der Waals surface area contributed by atoms with Crippen molar-refractivity contribution in [2.24, 2.45) is 0 Å². The zero-order valence-corrected chi connectivity index (χ0v) is 11.3. The van der Waals surface area contributed by atoms with Crippen molar-refractivity contribution in [3.63, 3.8) is 0 Å². The van der Waals surface area contributed by atoms with Gasteiger partial charge in [-0.05, 0) is 32.0 Å². The molecule has 0 saturated carbocycles. The smallest absolute Gasteiger partial charge is 0.248 e. The second-order valence-corrected chi connectivity index (χ2v) is 4.45. The summed E-state index contributed by atoms with van der Waals surface area (Å²) < 4.78 is 5.61. The molecule has 0 aliphatic carbocycles. The lowest BCUT2D eigenvalue weighted by atomic mass is 10.1. The molecule has 19 heavy (non-hydrogen) atoms. The van der Waals surface area contributed by atoms with E-state index in [0.29, 0.717) is 18.2 Å². The Hall–Kier alpha value is -1.88. The summed E-state index contributed by atoms with van der Waals surface area (Å²) in [6, 6.07) is 5.27. The molecule has 5 heteroatoms. The number of hydrogen-bond donors (Lipinski definition) is 2. The highest BCUT2D eigenvalue weighted by atomic mass is 16.4. The van der Waals surface area contributed by atoms with E-state index in [4.69, 9.17) is 4.42 Å². The Bertz CT molecular complexity index is 537. The molecule has 5 nitrogen and oxygen atoms in total. The van der Waals surface area contributed by atoms with Crippen molar-refractivity contribution >= 4 is 0 Å². The average molecular weight is 261 g/mol. The molecule has 1 heterocycles. The zero-order chi connectivity index (χ0) is 13.7. The Kier molecular flexibility index (Phi) is 4.52. The maximum absolute atomic E-state index is 9.67. The molecule has 0 bridgehead atoms. The first-order chi connectivity index (χ1) is 9.22. The molecule has 0 saturated heterocycles. The predicted molar refractivity (Wildman–Crippen MR) is 73.0 cm³/mol. The summed E-state index contributed by atoms with van der Waals surface area (Å²) >= 11 is 0. The molecule has 1 aromatic heterocycles. The topological polar surface area (TPSA) is 71.2 Å². The van der Waals surface area contributed by atoms with Crippen LogP contribution in [0.25, 0.3) is 11.5 Å². The second-order valence-electron chi connectivity index (χ2n) is 4.45. The van der Waals surface area contributed by atoms with Crippen LogP contribution in [0, 0.1) is 6.92 Å². The van der Waals surface area contributed by atoms with Crippen molar-refractivity contribution in [2.45, 2.75) is 26.7 Å². The first-order valence-corrected chi connectivity index (χ1v) is 6.54. The highest BCUT2D eigenvalue weighted by molar-refractivity contribution is 5.61. The van der Waals surface area contributed by atoms with Gasteiger partial charge in [0.1, 0.15) is 5.75 Å². The van der Waals surface area contributed by atoms with Crippen molar-refractivity contribution in [1.82, 2.24) is 15.5 Å². The van der Waals surface area contributed by atoms with Crippen molar-refractivity contribution in [1.29, 1.82) is 0 Å². The summed E-state index contributed by atoms with van der Waals surface area (Å²) in [5, 5.41) is 21.0. The molecule has 0 amide bonds. The zero-order valence-electron chi connectivity index (χ0n) is 11.3. The molecule has 0 aliphatic rings. The molecule has 0 fully saturated rings. The van der Waals surface area contributed by atoms with Gasteiger partial charge in [0, 0.05) is 24.1 Å². The standard InChI is InChI=1S/C14H19N3O2/c1-3-8-15-9-7-13-16-17-14(19-13)11-5-4-6-12(18)10(11)2/h4-6,15,18H,3,7-9H2,1-2H3. The fourth-order valence-corrected chi connectivity index (χ4v) is 1.82. The van der Waals surface area contributed by atoms with Crippen molar-refractivity contribution in [2.75, 3.05) is 13.1 Å². The first-order valence-electron chi connectivity index (χ1n) is 6.54. The van der Waals surface area contributed by atoms with E-state index in [0.717, 1.165) is 30.6 Å². The van der Waals surface area contributed by atoms with E-state index in [-0.39, 0.29) is 5.75 Å². The third kappa shape index (κ3) is 3.32. The van der Waals surface area contributed by atoms with Gasteiger partial charge in [-0.3, -0.25) is 0 Å². The van der Waals surface area contributed by atoms with Crippen LogP contribution in [-0.2, 0) is 6.42 Å². The molecular formula is C14H19N3O2. The third-order valence-corrected chi connectivity index (χ3v) is 2.94. The number of hydrogen-bond acceptors (Lipinski definition) is 5. The maximum Gasteiger partial charge on any atom is 0.248 e. The molecule has 0 unspecified atom stereocenters. The Labute approximate surface area is 112 Å². The van der Waals surface area contributed by atoms with Crippen LogP contribution in [0.5, 0.6) is 5.75 Å². The van der Waals surface area contributed by atoms with Crippen LogP contribution in [0.15, 0.2) is 22.6 Å². The van der Waals surface area contributed by atoms with Gasteiger partial charge >= 0.3 is 0 Å². The van der Waals surface area contributed by atoms with Gasteiger partial charge in [0.05, 0.1) is 0 Å². The molecule has 0 radical (unpaired) electrons. The highest BCUT2D eigenvalue weighted by Gasteiger charge is 2.12. The SMILES string of the molecule is CCCNCCc1nnc(-c2cccc(O)c2C)o1. The Morgan fingerprint density at radius 1 is 1.26 bits per heavy atom. The van der Waals surface area contributed by atoms with E-state index in [1.807, 2.05) is 13.0 Å². The highest BCUT2D eigenvalue weighted by Crippen LogP contribution is 2.27. The van der Waals surface area contributed by atoms with E-state index >= 15 is 0 Å². The maximum atomic E-state index is 9.67. The van der Waals surface area contributed by atoms with Crippen LogP contribution < -0.4 is 5.32 Å². The number of nitrogens with one attached hydrogen (secondary N) is 1. The fourth-order valence-electron chi connectivity index (χ4n) is 1.82. The fraction of sp³-hybridized carbons (Fsp3) is 0.429. The van der Waals surface area contributed by atoms with Gasteiger partial charge in [-0.25, -0.2) is 0 Å². The Morgan fingerprint density at radius 3 is 2.89 bits per heavy atom. The second kappa shape index (κ2) is 6.33. The van der Waals surface area contributed by atoms with E-state index in [9.17, 15) is 5.11 Å². The number of aromatic nitrogens is 2. The van der Waals surface area contributed by atoms with Gasteiger partial charge < -0.3 is 14.8 Å². The molecule has 0 atom stereocenters. The lowest BCUT2D eigenvalue weighted by molar-refractivity contribution is 0.469. The largest absolute Gasteiger partial charge is 0.508 e. The molecule has 0 aliphatic heterocycles. The normalized spacial score (nSPS) is 10.8. The molecule has 1 aromatic carbocycles. The third-order valence-electron chi connectivity index (χ3n) is 2.94. The van der Waals surface area contributed by atoms with Crippen molar-refractivity contribution in [3.8, 4) is 17.2 Å². The summed E-state index contributed by atoms with van der Waals surface area (Å²) in [6.07, 6.45) is 1.82. The number of aromatic hydroxyl groups is 1. The minimum atomic E-state index is 0.238. The average Bonchev–Trinajstić information content (AvgIpc) is 2.87. The van der Waals surface area contributed by atoms with E-state index in [1.54, 1.807) is 12.1 Å². The number of phenolic OH excluding ortho intramolecular Hbond substituents is 1. The molecule has 102 valence electrons. The van der Waals surface area contributed by atoms with E-state index < -0.39 is 0 Å². The van der Waals surface area contributed by atoms with Crippen LogP contribution in [0.1, 0.15) is 24.8 Å². The van der Waals surface area contributed by atoms with Gasteiger partial charge in [0.2, 0.25) is 11.8 Å². The summed E-state index contributed by atoms with van der Waals surface area (Å²) in [4.78, 5) is 0. The quantitative estimate of drug-likeness (QED) is 0.781. The van der Waals surface area contributed by atoms with Gasteiger partial charge in [0.25, 0.3) is 0 Å².